The van der Waals surface area contributed by atoms with E-state index in [0.717, 1.165) is 30.5 Å². The predicted octanol–water partition coefficient (Wildman–Crippen LogP) is 1.53. The van der Waals surface area contributed by atoms with Crippen LogP contribution in [0, 0.1) is 5.92 Å². The summed E-state index contributed by atoms with van der Waals surface area (Å²) in [6.07, 6.45) is 2.70. The van der Waals surface area contributed by atoms with Crippen LogP contribution >= 0.6 is 0 Å². The second-order valence-corrected chi connectivity index (χ2v) is 4.82. The predicted molar refractivity (Wildman–Crippen MR) is 64.9 cm³/mol. The molecule has 0 unspecified atom stereocenters. The quantitative estimate of drug-likeness (QED) is 0.387. The van der Waals surface area contributed by atoms with E-state index in [9.17, 15) is 0 Å². The molecule has 16 heavy (non-hydrogen) atoms. The molecule has 0 aliphatic heterocycles. The Kier molecular flexibility index (Phi) is 4.50. The van der Waals surface area contributed by atoms with Gasteiger partial charge in [-0.2, -0.15) is 0 Å². The third kappa shape index (κ3) is 2.83. The van der Waals surface area contributed by atoms with Gasteiger partial charge in [0.15, 0.2) is 0 Å². The fourth-order valence-corrected chi connectivity index (χ4v) is 2.26. The molecule has 0 amide bonds. The van der Waals surface area contributed by atoms with Gasteiger partial charge in [-0.05, 0) is 39.0 Å². The SMILES string of the molecule is C=C(C)[C@H]1CC[C@@](C)(NCCO)/C(=N\O)C1. The minimum Gasteiger partial charge on any atom is -0.411 e. The van der Waals surface area contributed by atoms with Crippen molar-refractivity contribution in [3.63, 3.8) is 0 Å². The average molecular weight is 226 g/mol. The number of allylic oxidation sites excluding steroid dienone is 1. The van der Waals surface area contributed by atoms with Gasteiger partial charge in [-0.25, -0.2) is 0 Å². The van der Waals surface area contributed by atoms with E-state index < -0.39 is 0 Å². The standard InChI is InChI=1S/C12H22N2O2/c1-9(2)10-4-5-12(3,13-6-7-15)11(8-10)14-16/h10,13,15-16H,1,4-8H2,2-3H3/b14-11-/t10-,12+/m0/s1. The molecule has 1 aliphatic carbocycles. The monoisotopic (exact) mass is 226 g/mol. The van der Waals surface area contributed by atoms with Gasteiger partial charge in [-0.3, -0.25) is 0 Å². The van der Waals surface area contributed by atoms with E-state index in [1.807, 2.05) is 13.8 Å². The third-order valence-electron chi connectivity index (χ3n) is 3.51. The van der Waals surface area contributed by atoms with Crippen LogP contribution in [0.4, 0.5) is 0 Å². The van der Waals surface area contributed by atoms with Crippen LogP contribution in [-0.4, -0.2) is 34.7 Å². The zero-order valence-electron chi connectivity index (χ0n) is 10.2. The summed E-state index contributed by atoms with van der Waals surface area (Å²) < 4.78 is 0. The van der Waals surface area contributed by atoms with E-state index in [2.05, 4.69) is 17.1 Å². The highest BCUT2D eigenvalue weighted by atomic mass is 16.4. The molecule has 0 radical (unpaired) electrons. The molecule has 3 N–H and O–H groups in total. The van der Waals surface area contributed by atoms with Crippen LogP contribution in [0.1, 0.15) is 33.1 Å². The summed E-state index contributed by atoms with van der Waals surface area (Å²) in [6, 6.07) is 0. The van der Waals surface area contributed by atoms with Crippen molar-refractivity contribution in [2.75, 3.05) is 13.2 Å². The molecule has 4 heteroatoms. The summed E-state index contributed by atoms with van der Waals surface area (Å²) in [5, 5.41) is 24.6. The van der Waals surface area contributed by atoms with E-state index in [4.69, 9.17) is 10.3 Å². The van der Waals surface area contributed by atoms with E-state index in [-0.39, 0.29) is 12.1 Å². The Morgan fingerprint density at radius 1 is 1.69 bits per heavy atom. The number of hydrogen-bond donors (Lipinski definition) is 3. The molecule has 4 nitrogen and oxygen atoms in total. The first-order valence-electron chi connectivity index (χ1n) is 5.76. The van der Waals surface area contributed by atoms with Crippen molar-refractivity contribution in [2.45, 2.75) is 38.6 Å². The Labute approximate surface area is 97.0 Å². The van der Waals surface area contributed by atoms with Crippen LogP contribution < -0.4 is 5.32 Å². The van der Waals surface area contributed by atoms with Crippen LogP contribution in [0.25, 0.3) is 0 Å². The molecule has 1 fully saturated rings. The Balaban J connectivity index is 2.72. The van der Waals surface area contributed by atoms with Crippen molar-refractivity contribution in [3.8, 4) is 0 Å². The lowest BCUT2D eigenvalue weighted by atomic mass is 9.74. The van der Waals surface area contributed by atoms with Crippen molar-refractivity contribution in [1.29, 1.82) is 0 Å². The molecular formula is C12H22N2O2. The first-order chi connectivity index (χ1) is 7.53. The van der Waals surface area contributed by atoms with Crippen molar-refractivity contribution in [1.82, 2.24) is 5.32 Å². The topological polar surface area (TPSA) is 64.8 Å². The zero-order chi connectivity index (χ0) is 12.2. The highest BCUT2D eigenvalue weighted by Crippen LogP contribution is 2.33. The summed E-state index contributed by atoms with van der Waals surface area (Å²) in [5.74, 6) is 0.412. The Hall–Kier alpha value is -0.870. The van der Waals surface area contributed by atoms with Crippen molar-refractivity contribution < 1.29 is 10.3 Å². The van der Waals surface area contributed by atoms with Crippen molar-refractivity contribution in [2.24, 2.45) is 11.1 Å². The van der Waals surface area contributed by atoms with E-state index in [1.165, 1.54) is 0 Å². The Bertz CT molecular complexity index is 289. The van der Waals surface area contributed by atoms with Crippen LogP contribution in [0.15, 0.2) is 17.3 Å². The molecular weight excluding hydrogens is 204 g/mol. The number of aliphatic hydroxyl groups is 1. The molecule has 0 heterocycles. The van der Waals surface area contributed by atoms with Crippen LogP contribution in [0.5, 0.6) is 0 Å². The highest BCUT2D eigenvalue weighted by molar-refractivity contribution is 5.93. The minimum atomic E-state index is -0.288. The lowest BCUT2D eigenvalue weighted by Crippen LogP contribution is -2.53. The summed E-state index contributed by atoms with van der Waals surface area (Å²) >= 11 is 0. The van der Waals surface area contributed by atoms with Gasteiger partial charge in [-0.15, -0.1) is 0 Å². The van der Waals surface area contributed by atoms with Gasteiger partial charge < -0.3 is 15.6 Å². The van der Waals surface area contributed by atoms with Gasteiger partial charge in [0.25, 0.3) is 0 Å². The van der Waals surface area contributed by atoms with Gasteiger partial charge >= 0.3 is 0 Å². The van der Waals surface area contributed by atoms with Crippen LogP contribution in [0.3, 0.4) is 0 Å². The Morgan fingerprint density at radius 3 is 2.88 bits per heavy atom. The summed E-state index contributed by atoms with van der Waals surface area (Å²) in [5.41, 5.74) is 1.62. The largest absolute Gasteiger partial charge is 0.411 e. The summed E-state index contributed by atoms with van der Waals surface area (Å²) in [4.78, 5) is 0. The number of nitrogens with one attached hydrogen (secondary N) is 1. The van der Waals surface area contributed by atoms with Crippen molar-refractivity contribution in [3.05, 3.63) is 12.2 Å². The highest BCUT2D eigenvalue weighted by Gasteiger charge is 2.37. The second kappa shape index (κ2) is 5.46. The van der Waals surface area contributed by atoms with Gasteiger partial charge in [0.05, 0.1) is 17.9 Å². The average Bonchev–Trinajstić information content (AvgIpc) is 2.26. The summed E-state index contributed by atoms with van der Waals surface area (Å²) in [7, 11) is 0. The molecule has 1 rings (SSSR count). The maximum Gasteiger partial charge on any atom is 0.0774 e. The van der Waals surface area contributed by atoms with Gasteiger partial charge in [-0.1, -0.05) is 17.3 Å². The first kappa shape index (κ1) is 13.2. The molecule has 0 bridgehead atoms. The van der Waals surface area contributed by atoms with E-state index in [0.29, 0.717) is 12.5 Å². The molecule has 1 saturated carbocycles. The number of oxime groups is 1. The maximum absolute atomic E-state index is 9.08. The summed E-state index contributed by atoms with van der Waals surface area (Å²) in [6.45, 7) is 8.61. The fourth-order valence-electron chi connectivity index (χ4n) is 2.26. The first-order valence-corrected chi connectivity index (χ1v) is 5.76. The minimum absolute atomic E-state index is 0.0954. The third-order valence-corrected chi connectivity index (χ3v) is 3.51. The molecule has 0 saturated heterocycles. The smallest absolute Gasteiger partial charge is 0.0774 e. The van der Waals surface area contributed by atoms with Gasteiger partial charge in [0.1, 0.15) is 0 Å². The lowest BCUT2D eigenvalue weighted by molar-refractivity contribution is 0.255. The van der Waals surface area contributed by atoms with E-state index in [1.54, 1.807) is 0 Å². The molecule has 2 atom stereocenters. The normalized spacial score (nSPS) is 32.9. The van der Waals surface area contributed by atoms with Crippen molar-refractivity contribution >= 4 is 5.71 Å². The van der Waals surface area contributed by atoms with Gasteiger partial charge in [0.2, 0.25) is 0 Å². The zero-order valence-corrected chi connectivity index (χ0v) is 10.2. The number of hydrogen-bond acceptors (Lipinski definition) is 4. The Morgan fingerprint density at radius 2 is 2.38 bits per heavy atom. The van der Waals surface area contributed by atoms with E-state index >= 15 is 0 Å². The van der Waals surface area contributed by atoms with Crippen LogP contribution in [-0.2, 0) is 0 Å². The molecule has 92 valence electrons. The molecule has 1 aliphatic rings. The molecule has 0 aromatic rings. The van der Waals surface area contributed by atoms with Crippen LogP contribution in [0.2, 0.25) is 0 Å². The second-order valence-electron chi connectivity index (χ2n) is 4.82. The molecule has 0 aromatic heterocycles. The lowest BCUT2D eigenvalue weighted by Gasteiger charge is -2.38. The maximum atomic E-state index is 9.08. The molecule has 0 aromatic carbocycles. The fraction of sp³-hybridized carbons (Fsp3) is 0.750. The number of nitrogens with zero attached hydrogens (tertiary/aromatic N) is 1. The number of β-amino-alcohol motifs (C(OH)–C–C–N with tert-alkyl or cyclic N) is 1. The van der Waals surface area contributed by atoms with Gasteiger partial charge in [0, 0.05) is 6.54 Å². The molecule has 0 spiro atoms. The number of aliphatic hydroxyl groups excluding tert-OH is 1. The number of rotatable bonds is 4.